The molecule has 0 unspecified atom stereocenters. The molecule has 2 aromatic heterocycles. The quantitative estimate of drug-likeness (QED) is 0.330. The lowest BCUT2D eigenvalue weighted by molar-refractivity contribution is 0.461. The number of hydrogen-bond acceptors (Lipinski definition) is 8. The van der Waals surface area contributed by atoms with Gasteiger partial charge in [0.1, 0.15) is 23.1 Å². The number of primary sulfonamides is 1. The first-order valence-electron chi connectivity index (χ1n) is 10.3. The maximum atomic E-state index is 13.1. The van der Waals surface area contributed by atoms with E-state index in [0.717, 1.165) is 12.4 Å². The molecule has 2 heterocycles. The van der Waals surface area contributed by atoms with Gasteiger partial charge < -0.3 is 9.47 Å². The third-order valence-electron chi connectivity index (χ3n) is 4.57. The van der Waals surface area contributed by atoms with E-state index in [9.17, 15) is 25.6 Å². The zero-order chi connectivity index (χ0) is 26.6. The minimum absolute atomic E-state index is 0.0379. The fourth-order valence-electron chi connectivity index (χ4n) is 3.08. The van der Waals surface area contributed by atoms with Crippen LogP contribution in [0.4, 0.5) is 20.2 Å². The Kier molecular flexibility index (Phi) is 7.33. The van der Waals surface area contributed by atoms with E-state index < -0.39 is 36.8 Å². The minimum atomic E-state index is -4.56. The van der Waals surface area contributed by atoms with E-state index in [4.69, 9.17) is 14.6 Å². The first kappa shape index (κ1) is 25.9. The summed E-state index contributed by atoms with van der Waals surface area (Å²) in [7, 11) is -8.99. The highest BCUT2D eigenvalue weighted by molar-refractivity contribution is 8.07. The van der Waals surface area contributed by atoms with Crippen LogP contribution in [0.1, 0.15) is 0 Å². The number of sulfonamides is 2. The molecule has 4 aromatic rings. The van der Waals surface area contributed by atoms with E-state index >= 15 is 0 Å². The van der Waals surface area contributed by atoms with Crippen LogP contribution < -0.4 is 18.9 Å². The summed E-state index contributed by atoms with van der Waals surface area (Å²) in [6.45, 7) is 0. The highest BCUT2D eigenvalue weighted by Crippen LogP contribution is 2.32. The van der Waals surface area contributed by atoms with Gasteiger partial charge in [-0.2, -0.15) is 0 Å². The molecule has 2 N–H and O–H groups in total. The zero-order valence-corrected chi connectivity index (χ0v) is 20.4. The van der Waals surface area contributed by atoms with Gasteiger partial charge in [0, 0.05) is 12.1 Å². The summed E-state index contributed by atoms with van der Waals surface area (Å²) in [5, 5.41) is 3.61. The second-order valence-electron chi connectivity index (χ2n) is 7.48. The molecule has 0 bridgehead atoms. The van der Waals surface area contributed by atoms with Gasteiger partial charge >= 0.3 is 0 Å². The SMILES string of the molecule is NS(=O)(=O)CS(=O)(=O)N(c1ccc(Oc2ccc(F)cc2)nc1)c1ccc(Oc2ccc(F)cc2)nc1. The lowest BCUT2D eigenvalue weighted by atomic mass is 10.3. The number of hydrogen-bond donors (Lipinski definition) is 1. The van der Waals surface area contributed by atoms with E-state index in [2.05, 4.69) is 9.97 Å². The Bertz CT molecular complexity index is 1490. The molecule has 0 aliphatic heterocycles. The molecule has 0 aliphatic rings. The van der Waals surface area contributed by atoms with Gasteiger partial charge in [-0.15, -0.1) is 0 Å². The molecule has 0 aliphatic carbocycles. The van der Waals surface area contributed by atoms with Crippen molar-refractivity contribution in [3.8, 4) is 23.3 Å². The summed E-state index contributed by atoms with van der Waals surface area (Å²) in [6, 6.07) is 15.7. The predicted molar refractivity (Wildman–Crippen MR) is 130 cm³/mol. The average molecular weight is 549 g/mol. The molecule has 0 saturated heterocycles. The third kappa shape index (κ3) is 6.97. The molecular weight excluding hydrogens is 530 g/mol. The van der Waals surface area contributed by atoms with Crippen LogP contribution >= 0.6 is 0 Å². The number of aromatic nitrogens is 2. The Balaban J connectivity index is 1.63. The normalized spacial score (nSPS) is 11.6. The van der Waals surface area contributed by atoms with Crippen molar-refractivity contribution in [1.29, 1.82) is 0 Å². The van der Waals surface area contributed by atoms with Crippen LogP contribution in [-0.2, 0) is 20.0 Å². The van der Waals surface area contributed by atoms with E-state index in [1.165, 1.54) is 72.8 Å². The molecule has 192 valence electrons. The van der Waals surface area contributed by atoms with Crippen molar-refractivity contribution in [3.63, 3.8) is 0 Å². The summed E-state index contributed by atoms with van der Waals surface area (Å²) < 4.78 is 87.2. The van der Waals surface area contributed by atoms with Gasteiger partial charge in [-0.1, -0.05) is 0 Å². The highest BCUT2D eigenvalue weighted by atomic mass is 32.3. The van der Waals surface area contributed by atoms with Gasteiger partial charge in [-0.05, 0) is 60.7 Å². The molecule has 14 heteroatoms. The van der Waals surface area contributed by atoms with Gasteiger partial charge in [0.15, 0.2) is 5.08 Å². The Morgan fingerprint density at radius 1 is 0.676 bits per heavy atom. The second-order valence-corrected chi connectivity index (χ2v) is 11.3. The molecule has 0 spiro atoms. The molecule has 0 atom stereocenters. The molecule has 37 heavy (non-hydrogen) atoms. The second kappa shape index (κ2) is 10.5. The molecule has 0 radical (unpaired) electrons. The summed E-state index contributed by atoms with van der Waals surface area (Å²) >= 11 is 0. The summed E-state index contributed by atoms with van der Waals surface area (Å²) in [4.78, 5) is 8.11. The molecule has 0 saturated carbocycles. The minimum Gasteiger partial charge on any atom is -0.439 e. The highest BCUT2D eigenvalue weighted by Gasteiger charge is 2.29. The van der Waals surface area contributed by atoms with Gasteiger partial charge in [0.2, 0.25) is 21.8 Å². The Hall–Kier alpha value is -4.14. The number of anilines is 2. The summed E-state index contributed by atoms with van der Waals surface area (Å²) in [5.41, 5.74) is -0.0757. The van der Waals surface area contributed by atoms with Gasteiger partial charge in [0.25, 0.3) is 10.0 Å². The molecule has 2 aromatic carbocycles. The first-order chi connectivity index (χ1) is 17.5. The predicted octanol–water partition coefficient (Wildman–Crippen LogP) is 4.05. The summed E-state index contributed by atoms with van der Waals surface area (Å²) in [6.07, 6.45) is 2.28. The standard InChI is InChI=1S/C23H18F2N4O6S2/c24-16-1-7-20(8-2-16)34-22-11-5-18(13-27-22)29(37(32,33)15-36(26,30)31)19-6-12-23(28-14-19)35-21-9-3-17(25)4-10-21/h1-14H,15H2,(H2,26,30,31). The van der Waals surface area contributed by atoms with Crippen molar-refractivity contribution in [3.05, 3.63) is 96.8 Å². The maximum absolute atomic E-state index is 13.1. The van der Waals surface area contributed by atoms with Crippen molar-refractivity contribution in [1.82, 2.24) is 9.97 Å². The number of rotatable bonds is 9. The van der Waals surface area contributed by atoms with Crippen LogP contribution in [0.2, 0.25) is 0 Å². The topological polar surface area (TPSA) is 142 Å². The van der Waals surface area contributed by atoms with Crippen molar-refractivity contribution in [2.75, 3.05) is 9.39 Å². The number of pyridine rings is 2. The fourth-order valence-corrected chi connectivity index (χ4v) is 6.02. The van der Waals surface area contributed by atoms with E-state index in [1.807, 2.05) is 0 Å². The Morgan fingerprint density at radius 2 is 1.08 bits per heavy atom. The molecule has 10 nitrogen and oxygen atoms in total. The zero-order valence-electron chi connectivity index (χ0n) is 18.7. The molecule has 0 fully saturated rings. The van der Waals surface area contributed by atoms with Gasteiger partial charge in [0.05, 0.1) is 23.8 Å². The van der Waals surface area contributed by atoms with Gasteiger partial charge in [-0.25, -0.2) is 45.0 Å². The van der Waals surface area contributed by atoms with Crippen molar-refractivity contribution >= 4 is 31.4 Å². The van der Waals surface area contributed by atoms with Crippen LogP contribution in [-0.4, -0.2) is 31.9 Å². The number of benzene rings is 2. The average Bonchev–Trinajstić information content (AvgIpc) is 2.83. The van der Waals surface area contributed by atoms with E-state index in [-0.39, 0.29) is 23.1 Å². The number of nitrogens with zero attached hydrogens (tertiary/aromatic N) is 3. The van der Waals surface area contributed by atoms with Crippen molar-refractivity contribution in [2.24, 2.45) is 5.14 Å². The molecular formula is C23H18F2N4O6S2. The maximum Gasteiger partial charge on any atom is 0.255 e. The lowest BCUT2D eigenvalue weighted by Gasteiger charge is -2.23. The largest absolute Gasteiger partial charge is 0.439 e. The first-order valence-corrected chi connectivity index (χ1v) is 13.6. The monoisotopic (exact) mass is 548 g/mol. The van der Waals surface area contributed by atoms with Crippen molar-refractivity contribution < 1.29 is 35.1 Å². The summed E-state index contributed by atoms with van der Waals surface area (Å²) in [5.74, 6) is -0.175. The number of halogens is 2. The lowest BCUT2D eigenvalue weighted by Crippen LogP contribution is -2.34. The van der Waals surface area contributed by atoms with Gasteiger partial charge in [-0.3, -0.25) is 0 Å². The third-order valence-corrected chi connectivity index (χ3v) is 8.06. The van der Waals surface area contributed by atoms with Crippen LogP contribution in [0.5, 0.6) is 23.3 Å². The van der Waals surface area contributed by atoms with Crippen LogP contribution in [0, 0.1) is 11.6 Å². The number of nitrogens with two attached hydrogens (primary N) is 1. The van der Waals surface area contributed by atoms with Crippen molar-refractivity contribution in [2.45, 2.75) is 0 Å². The van der Waals surface area contributed by atoms with Crippen LogP contribution in [0.15, 0.2) is 85.2 Å². The molecule has 4 rings (SSSR count). The van der Waals surface area contributed by atoms with E-state index in [0.29, 0.717) is 15.8 Å². The molecule has 0 amide bonds. The van der Waals surface area contributed by atoms with Crippen LogP contribution in [0.3, 0.4) is 0 Å². The smallest absolute Gasteiger partial charge is 0.255 e. The Morgan fingerprint density at radius 3 is 1.41 bits per heavy atom. The number of ether oxygens (including phenoxy) is 2. The van der Waals surface area contributed by atoms with E-state index in [1.54, 1.807) is 0 Å². The Labute approximate surface area is 211 Å². The fraction of sp³-hybridized carbons (Fsp3) is 0.0435. The van der Waals surface area contributed by atoms with Crippen LogP contribution in [0.25, 0.3) is 0 Å².